The summed E-state index contributed by atoms with van der Waals surface area (Å²) in [7, 11) is -1.41. The number of nitrogens with zero attached hydrogens (tertiary/aromatic N) is 3. The summed E-state index contributed by atoms with van der Waals surface area (Å²) in [5, 5.41) is 0.279. The maximum Gasteiger partial charge on any atom is 0.242 e. The van der Waals surface area contributed by atoms with E-state index in [1.54, 1.807) is 0 Å². The normalized spacial score (nSPS) is 18.3. The molecule has 8 heteroatoms. The zero-order valence-electron chi connectivity index (χ0n) is 11.4. The second kappa shape index (κ2) is 6.82. The molecule has 0 atom stereocenters. The molecule has 0 bridgehead atoms. The Morgan fingerprint density at radius 3 is 2.60 bits per heavy atom. The summed E-state index contributed by atoms with van der Waals surface area (Å²) in [5.41, 5.74) is 0. The van der Waals surface area contributed by atoms with Gasteiger partial charge in [-0.25, -0.2) is 18.1 Å². The SMILES string of the molecule is CN1CCN(CCNS(=O)(=O)c2ccc(Cl)nc2)CC1. The minimum atomic E-state index is -3.50. The minimum absolute atomic E-state index is 0.139. The molecule has 112 valence electrons. The zero-order valence-corrected chi connectivity index (χ0v) is 13.0. The van der Waals surface area contributed by atoms with Crippen molar-refractivity contribution in [2.24, 2.45) is 0 Å². The van der Waals surface area contributed by atoms with Gasteiger partial charge in [-0.05, 0) is 19.2 Å². The highest BCUT2D eigenvalue weighted by Crippen LogP contribution is 2.10. The molecule has 2 heterocycles. The minimum Gasteiger partial charge on any atom is -0.304 e. The van der Waals surface area contributed by atoms with Crippen LogP contribution in [0.5, 0.6) is 0 Å². The number of pyridine rings is 1. The summed E-state index contributed by atoms with van der Waals surface area (Å²) in [6.45, 7) is 5.10. The Labute approximate surface area is 124 Å². The quantitative estimate of drug-likeness (QED) is 0.789. The third-order valence-corrected chi connectivity index (χ3v) is 5.00. The van der Waals surface area contributed by atoms with Crippen LogP contribution < -0.4 is 4.72 Å². The third-order valence-electron chi connectivity index (χ3n) is 3.33. The van der Waals surface area contributed by atoms with Gasteiger partial charge < -0.3 is 4.90 Å². The average molecular weight is 319 g/mol. The fraction of sp³-hybridized carbons (Fsp3) is 0.583. The van der Waals surface area contributed by atoms with Crippen LogP contribution in [0, 0.1) is 0 Å². The molecule has 1 aliphatic rings. The molecule has 2 rings (SSSR count). The van der Waals surface area contributed by atoms with E-state index in [9.17, 15) is 8.42 Å². The Morgan fingerprint density at radius 2 is 2.00 bits per heavy atom. The van der Waals surface area contributed by atoms with Crippen molar-refractivity contribution >= 4 is 21.6 Å². The van der Waals surface area contributed by atoms with Crippen LogP contribution in [0.25, 0.3) is 0 Å². The second-order valence-corrected chi connectivity index (χ2v) is 7.01. The molecule has 0 saturated carbocycles. The molecular formula is C12H19ClN4O2S. The van der Waals surface area contributed by atoms with Crippen molar-refractivity contribution in [1.82, 2.24) is 19.5 Å². The van der Waals surface area contributed by atoms with Crippen molar-refractivity contribution in [3.63, 3.8) is 0 Å². The lowest BCUT2D eigenvalue weighted by Gasteiger charge is -2.32. The summed E-state index contributed by atoms with van der Waals surface area (Å²) in [4.78, 5) is 8.44. The van der Waals surface area contributed by atoms with Crippen LogP contribution in [0.15, 0.2) is 23.2 Å². The van der Waals surface area contributed by atoms with Gasteiger partial charge in [-0.1, -0.05) is 11.6 Å². The van der Waals surface area contributed by atoms with Crippen molar-refractivity contribution in [2.75, 3.05) is 46.3 Å². The van der Waals surface area contributed by atoms with Gasteiger partial charge in [0.15, 0.2) is 0 Å². The Balaban J connectivity index is 1.82. The van der Waals surface area contributed by atoms with Crippen LogP contribution in [-0.2, 0) is 10.0 Å². The first kappa shape index (κ1) is 15.7. The maximum atomic E-state index is 12.0. The number of piperazine rings is 1. The van der Waals surface area contributed by atoms with E-state index in [1.165, 1.54) is 18.3 Å². The fourth-order valence-electron chi connectivity index (χ4n) is 2.01. The molecule has 1 fully saturated rings. The van der Waals surface area contributed by atoms with Gasteiger partial charge in [0.05, 0.1) is 0 Å². The molecule has 0 spiro atoms. The van der Waals surface area contributed by atoms with Crippen LogP contribution in [-0.4, -0.2) is 69.5 Å². The molecular weight excluding hydrogens is 300 g/mol. The lowest BCUT2D eigenvalue weighted by Crippen LogP contribution is -2.46. The number of hydrogen-bond donors (Lipinski definition) is 1. The van der Waals surface area contributed by atoms with Gasteiger partial charge in [-0.3, -0.25) is 4.90 Å². The molecule has 0 radical (unpaired) electrons. The lowest BCUT2D eigenvalue weighted by atomic mass is 10.3. The summed E-state index contributed by atoms with van der Waals surface area (Å²) in [6, 6.07) is 2.92. The Bertz CT molecular complexity index is 527. The number of halogens is 1. The number of hydrogen-bond acceptors (Lipinski definition) is 5. The molecule has 1 saturated heterocycles. The van der Waals surface area contributed by atoms with E-state index in [-0.39, 0.29) is 10.0 Å². The van der Waals surface area contributed by atoms with E-state index < -0.39 is 10.0 Å². The largest absolute Gasteiger partial charge is 0.304 e. The van der Waals surface area contributed by atoms with E-state index in [0.29, 0.717) is 13.1 Å². The number of rotatable bonds is 5. The number of nitrogens with one attached hydrogen (secondary N) is 1. The van der Waals surface area contributed by atoms with Crippen LogP contribution in [0.1, 0.15) is 0 Å². The predicted molar refractivity (Wildman–Crippen MR) is 78.4 cm³/mol. The molecule has 0 aromatic carbocycles. The van der Waals surface area contributed by atoms with Crippen molar-refractivity contribution in [2.45, 2.75) is 4.90 Å². The number of aromatic nitrogens is 1. The molecule has 0 aliphatic carbocycles. The smallest absolute Gasteiger partial charge is 0.242 e. The first-order chi connectivity index (χ1) is 9.47. The summed E-state index contributed by atoms with van der Waals surface area (Å²) in [5.74, 6) is 0. The van der Waals surface area contributed by atoms with Crippen LogP contribution in [0.3, 0.4) is 0 Å². The molecule has 0 amide bonds. The standard InChI is InChI=1S/C12H19ClN4O2S/c1-16-6-8-17(9-7-16)5-4-15-20(18,19)11-2-3-12(13)14-10-11/h2-3,10,15H,4-9H2,1H3. The molecule has 1 N–H and O–H groups in total. The topological polar surface area (TPSA) is 65.5 Å². The van der Waals surface area contributed by atoms with Gasteiger partial charge in [0, 0.05) is 45.5 Å². The highest BCUT2D eigenvalue weighted by Gasteiger charge is 2.16. The molecule has 6 nitrogen and oxygen atoms in total. The Kier molecular flexibility index (Phi) is 5.34. The van der Waals surface area contributed by atoms with E-state index in [4.69, 9.17) is 11.6 Å². The van der Waals surface area contributed by atoms with E-state index in [1.807, 2.05) is 0 Å². The Hall–Kier alpha value is -0.730. The zero-order chi connectivity index (χ0) is 14.6. The third kappa shape index (κ3) is 4.39. The van der Waals surface area contributed by atoms with Gasteiger partial charge in [-0.15, -0.1) is 0 Å². The highest BCUT2D eigenvalue weighted by atomic mass is 35.5. The average Bonchev–Trinajstić information content (AvgIpc) is 2.41. The number of sulfonamides is 1. The van der Waals surface area contributed by atoms with Crippen LogP contribution in [0.2, 0.25) is 5.15 Å². The summed E-state index contributed by atoms with van der Waals surface area (Å²) < 4.78 is 26.6. The van der Waals surface area contributed by atoms with Crippen LogP contribution >= 0.6 is 11.6 Å². The van der Waals surface area contributed by atoms with Gasteiger partial charge in [-0.2, -0.15) is 0 Å². The van der Waals surface area contributed by atoms with Crippen molar-refractivity contribution in [3.8, 4) is 0 Å². The fourth-order valence-corrected chi connectivity index (χ4v) is 3.09. The predicted octanol–water partition coefficient (Wildman–Crippen LogP) is 0.261. The molecule has 1 aliphatic heterocycles. The van der Waals surface area contributed by atoms with Gasteiger partial charge in [0.2, 0.25) is 10.0 Å². The monoisotopic (exact) mass is 318 g/mol. The molecule has 1 aromatic rings. The number of likely N-dealkylation sites (N-methyl/N-ethyl adjacent to an activating group) is 1. The van der Waals surface area contributed by atoms with E-state index in [0.717, 1.165) is 26.2 Å². The van der Waals surface area contributed by atoms with E-state index >= 15 is 0 Å². The van der Waals surface area contributed by atoms with E-state index in [2.05, 4.69) is 26.6 Å². The van der Waals surface area contributed by atoms with Crippen molar-refractivity contribution < 1.29 is 8.42 Å². The van der Waals surface area contributed by atoms with Gasteiger partial charge in [0.1, 0.15) is 10.0 Å². The summed E-state index contributed by atoms with van der Waals surface area (Å²) in [6.07, 6.45) is 1.26. The van der Waals surface area contributed by atoms with Gasteiger partial charge in [0.25, 0.3) is 0 Å². The van der Waals surface area contributed by atoms with Gasteiger partial charge >= 0.3 is 0 Å². The highest BCUT2D eigenvalue weighted by molar-refractivity contribution is 7.89. The first-order valence-corrected chi connectivity index (χ1v) is 8.35. The van der Waals surface area contributed by atoms with Crippen molar-refractivity contribution in [3.05, 3.63) is 23.5 Å². The maximum absolute atomic E-state index is 12.0. The molecule has 20 heavy (non-hydrogen) atoms. The lowest BCUT2D eigenvalue weighted by molar-refractivity contribution is 0.156. The second-order valence-electron chi connectivity index (χ2n) is 4.86. The summed E-state index contributed by atoms with van der Waals surface area (Å²) >= 11 is 5.64. The first-order valence-electron chi connectivity index (χ1n) is 6.49. The molecule has 1 aromatic heterocycles. The van der Waals surface area contributed by atoms with Crippen molar-refractivity contribution in [1.29, 1.82) is 0 Å². The van der Waals surface area contributed by atoms with Crippen LogP contribution in [0.4, 0.5) is 0 Å². The molecule has 0 unspecified atom stereocenters. The Morgan fingerprint density at radius 1 is 1.30 bits per heavy atom.